The third kappa shape index (κ3) is 10.9. The van der Waals surface area contributed by atoms with Gasteiger partial charge in [0, 0.05) is 44.2 Å². The van der Waals surface area contributed by atoms with Crippen LogP contribution in [0.2, 0.25) is 0 Å². The molecule has 48 heavy (non-hydrogen) atoms. The number of ketones is 1. The normalized spacial score (nSPS) is 26.0. The number of aromatic nitrogens is 1. The molecule has 0 aliphatic heterocycles. The van der Waals surface area contributed by atoms with Gasteiger partial charge in [0.15, 0.2) is 5.78 Å². The van der Waals surface area contributed by atoms with Crippen LogP contribution < -0.4 is 0 Å². The molecular formula is C44H62IrNO2-. The van der Waals surface area contributed by atoms with Crippen molar-refractivity contribution in [3.63, 3.8) is 0 Å². The van der Waals surface area contributed by atoms with Crippen molar-refractivity contribution in [3.05, 3.63) is 77.2 Å². The van der Waals surface area contributed by atoms with Crippen LogP contribution in [0.3, 0.4) is 0 Å². The largest absolute Gasteiger partial charge is 0.512 e. The molecule has 3 nitrogen and oxygen atoms in total. The molecule has 0 saturated heterocycles. The molecule has 0 spiro atoms. The summed E-state index contributed by atoms with van der Waals surface area (Å²) in [4.78, 5) is 16.9. The number of nitrogens with zero attached hydrogens (tertiary/aromatic N) is 1. The minimum absolute atomic E-state index is 0. The van der Waals surface area contributed by atoms with Gasteiger partial charge < -0.3 is 10.1 Å². The maximum absolute atomic E-state index is 12.2. The summed E-state index contributed by atoms with van der Waals surface area (Å²) in [5, 5.41) is 12.7. The Labute approximate surface area is 306 Å². The fourth-order valence-corrected chi connectivity index (χ4v) is 8.36. The third-order valence-electron chi connectivity index (χ3n) is 11.3. The first-order chi connectivity index (χ1) is 22.2. The van der Waals surface area contributed by atoms with Gasteiger partial charge in [-0.3, -0.25) is 4.79 Å². The summed E-state index contributed by atoms with van der Waals surface area (Å²) in [6.07, 6.45) is 20.5. The number of rotatable bonds is 7. The average Bonchev–Trinajstić information content (AvgIpc) is 3.05. The van der Waals surface area contributed by atoms with Gasteiger partial charge >= 0.3 is 0 Å². The quantitative estimate of drug-likeness (QED) is 0.147. The van der Waals surface area contributed by atoms with E-state index in [1.165, 1.54) is 78.8 Å². The van der Waals surface area contributed by atoms with E-state index < -0.39 is 0 Å². The predicted octanol–water partition coefficient (Wildman–Crippen LogP) is 12.7. The molecule has 0 atom stereocenters. The number of hydrogen-bond acceptors (Lipinski definition) is 3. The van der Waals surface area contributed by atoms with E-state index in [1.54, 1.807) is 6.08 Å². The zero-order valence-electron chi connectivity index (χ0n) is 29.6. The fraction of sp³-hybridized carbons (Fsp3) is 0.591. The molecule has 265 valence electrons. The van der Waals surface area contributed by atoms with Crippen molar-refractivity contribution in [1.82, 2.24) is 4.98 Å². The molecule has 1 radical (unpaired) electrons. The van der Waals surface area contributed by atoms with Crippen LogP contribution in [0.5, 0.6) is 0 Å². The number of hydrogen-bond donors (Lipinski definition) is 1. The molecule has 6 rings (SSSR count). The number of carbonyl (C=O) groups is 1. The molecular weight excluding hydrogens is 767 g/mol. The molecule has 0 amide bonds. The summed E-state index contributed by atoms with van der Waals surface area (Å²) in [7, 11) is 0. The Bertz CT molecular complexity index is 1450. The van der Waals surface area contributed by atoms with E-state index in [1.807, 2.05) is 6.20 Å². The number of pyridine rings is 1. The van der Waals surface area contributed by atoms with Crippen LogP contribution in [0, 0.1) is 49.5 Å². The predicted molar refractivity (Wildman–Crippen MR) is 200 cm³/mol. The number of carbonyl (C=O) groups excluding carboxylic acids is 1. The molecule has 0 bridgehead atoms. The van der Waals surface area contributed by atoms with Crippen molar-refractivity contribution in [2.75, 3.05) is 0 Å². The Morgan fingerprint density at radius 2 is 1.48 bits per heavy atom. The van der Waals surface area contributed by atoms with E-state index in [0.29, 0.717) is 5.76 Å². The van der Waals surface area contributed by atoms with Crippen molar-refractivity contribution in [2.24, 2.45) is 29.6 Å². The average molecular weight is 829 g/mol. The second kappa shape index (κ2) is 19.2. The molecule has 1 heterocycles. The summed E-state index contributed by atoms with van der Waals surface area (Å²) in [6, 6.07) is 17.1. The van der Waals surface area contributed by atoms with Crippen LogP contribution in [-0.4, -0.2) is 15.9 Å². The maximum atomic E-state index is 12.2. The smallest absolute Gasteiger partial charge is 0.162 e. The number of aliphatic hydroxyl groups excluding tert-OH is 1. The van der Waals surface area contributed by atoms with E-state index in [4.69, 9.17) is 4.98 Å². The van der Waals surface area contributed by atoms with Crippen LogP contribution >= 0.6 is 0 Å². The Balaban J connectivity index is 0.000000265. The van der Waals surface area contributed by atoms with Gasteiger partial charge in [-0.05, 0) is 103 Å². The minimum atomic E-state index is 0. The van der Waals surface area contributed by atoms with Gasteiger partial charge in [0.2, 0.25) is 0 Å². The zero-order valence-corrected chi connectivity index (χ0v) is 32.0. The second-order valence-corrected chi connectivity index (χ2v) is 15.3. The number of aryl methyl sites for hydroxylation is 2. The van der Waals surface area contributed by atoms with Gasteiger partial charge in [-0.2, -0.15) is 0 Å². The Morgan fingerprint density at radius 3 is 2.08 bits per heavy atom. The van der Waals surface area contributed by atoms with Crippen molar-refractivity contribution in [1.29, 1.82) is 0 Å². The first kappa shape index (κ1) is 40.1. The van der Waals surface area contributed by atoms with Gasteiger partial charge in [0.05, 0.1) is 5.76 Å². The van der Waals surface area contributed by atoms with E-state index >= 15 is 0 Å². The Hall–Kier alpha value is -2.29. The summed E-state index contributed by atoms with van der Waals surface area (Å²) in [5.41, 5.74) is 6.10. The number of fused-ring (bicyclic) bond motifs is 1. The van der Waals surface area contributed by atoms with Gasteiger partial charge in [-0.1, -0.05) is 98.8 Å². The number of allylic oxidation sites excluding steroid dienone is 2. The van der Waals surface area contributed by atoms with Crippen molar-refractivity contribution >= 4 is 16.6 Å². The summed E-state index contributed by atoms with van der Waals surface area (Å²) in [5.74, 6) is 4.16. The molecule has 3 aromatic rings. The third-order valence-corrected chi connectivity index (χ3v) is 11.3. The van der Waals surface area contributed by atoms with Gasteiger partial charge in [0.1, 0.15) is 0 Å². The molecule has 1 aromatic heterocycles. The standard InChI is InChI=1S/C26H30N.C17H28O2.CH4.Ir/c1-4-5-20-6-8-21(9-7-20)22-10-11-25-23(17-22)12-13-27-26(25)24-15-18(2)14-19(3)16-24;1-12-3-7-14(8-4-12)16(18)11-17(19)15-9-5-13(2)6-10-15;;/h10-15,17,20-21H,4-9H2,1-3H3;11-15,18H,3-10H2,1-2H3;1H4;/q-1;;;. The topological polar surface area (TPSA) is 50.2 Å². The Morgan fingerprint density at radius 1 is 0.854 bits per heavy atom. The molecule has 3 saturated carbocycles. The van der Waals surface area contributed by atoms with Crippen LogP contribution in [0.1, 0.15) is 141 Å². The molecule has 3 fully saturated rings. The molecule has 0 unspecified atom stereocenters. The number of aliphatic hydroxyl groups is 1. The zero-order chi connectivity index (χ0) is 32.6. The number of benzene rings is 2. The molecule has 3 aliphatic carbocycles. The van der Waals surface area contributed by atoms with E-state index in [-0.39, 0.29) is 45.2 Å². The first-order valence-corrected chi connectivity index (χ1v) is 18.5. The van der Waals surface area contributed by atoms with Crippen molar-refractivity contribution in [3.8, 4) is 11.3 Å². The van der Waals surface area contributed by atoms with E-state index in [2.05, 4.69) is 77.1 Å². The van der Waals surface area contributed by atoms with Gasteiger partial charge in [-0.15, -0.1) is 34.9 Å². The van der Waals surface area contributed by atoms with Crippen LogP contribution in [-0.2, 0) is 24.9 Å². The van der Waals surface area contributed by atoms with Crippen LogP contribution in [0.25, 0.3) is 22.0 Å². The SMILES string of the molecule is C.CC1CCC(C(=O)C=C(O)C2CCC(C)CC2)CC1.CCCC1CCC(c2ccc3c(-c4[c-]c(C)cc(C)c4)nccc3c2)CC1.[Ir]. The monoisotopic (exact) mass is 829 g/mol. The van der Waals surface area contributed by atoms with Crippen molar-refractivity contribution < 1.29 is 30.0 Å². The van der Waals surface area contributed by atoms with Gasteiger partial charge in [0.25, 0.3) is 0 Å². The fourth-order valence-electron chi connectivity index (χ4n) is 8.36. The van der Waals surface area contributed by atoms with Gasteiger partial charge in [-0.25, -0.2) is 0 Å². The minimum Gasteiger partial charge on any atom is -0.512 e. The van der Waals surface area contributed by atoms with Crippen LogP contribution in [0.4, 0.5) is 0 Å². The summed E-state index contributed by atoms with van der Waals surface area (Å²) >= 11 is 0. The van der Waals surface area contributed by atoms with E-state index in [0.717, 1.165) is 73.5 Å². The maximum Gasteiger partial charge on any atom is 0.162 e. The summed E-state index contributed by atoms with van der Waals surface area (Å²) < 4.78 is 0. The molecule has 4 heteroatoms. The summed E-state index contributed by atoms with van der Waals surface area (Å²) in [6.45, 7) is 11.1. The molecule has 1 N–H and O–H groups in total. The molecule has 3 aliphatic rings. The first-order valence-electron chi connectivity index (χ1n) is 18.5. The Kier molecular flexibility index (Phi) is 16.1. The van der Waals surface area contributed by atoms with Crippen molar-refractivity contribution in [2.45, 2.75) is 138 Å². The van der Waals surface area contributed by atoms with Crippen LogP contribution in [0.15, 0.2) is 54.4 Å². The molecule has 2 aromatic carbocycles. The second-order valence-electron chi connectivity index (χ2n) is 15.3. The van der Waals surface area contributed by atoms with E-state index in [9.17, 15) is 9.90 Å².